The summed E-state index contributed by atoms with van der Waals surface area (Å²) < 4.78 is 0. The molecule has 21 heavy (non-hydrogen) atoms. The Bertz CT molecular complexity index is 461. The second kappa shape index (κ2) is 14.1. The van der Waals surface area contributed by atoms with Crippen molar-refractivity contribution in [1.29, 1.82) is 0 Å². The zero-order chi connectivity index (χ0) is 12.7. The minimum atomic E-state index is -1.52. The number of hydrogen-bond donors (Lipinski definition) is 1. The summed E-state index contributed by atoms with van der Waals surface area (Å²) in [6, 6.07) is 5.37. The first kappa shape index (κ1) is 27.1. The van der Waals surface area contributed by atoms with Gasteiger partial charge in [0.2, 0.25) is 0 Å². The largest absolute Gasteiger partial charge is 2.00 e. The molecule has 2 aromatic heterocycles. The second-order valence-corrected chi connectivity index (χ2v) is 2.75. The van der Waals surface area contributed by atoms with E-state index in [9.17, 15) is 19.8 Å². The number of rotatable bonds is 2. The van der Waals surface area contributed by atoms with Gasteiger partial charge in [-0.15, -0.1) is 0 Å². The van der Waals surface area contributed by atoms with Gasteiger partial charge in [0.05, 0.1) is 23.3 Å². The molecule has 0 amide bonds. The third-order valence-corrected chi connectivity index (χ3v) is 1.57. The second-order valence-electron chi connectivity index (χ2n) is 2.75. The van der Waals surface area contributed by atoms with Crippen LogP contribution in [0.15, 0.2) is 36.7 Å². The Morgan fingerprint density at radius 3 is 1.71 bits per heavy atom. The van der Waals surface area contributed by atoms with Gasteiger partial charge in [0.1, 0.15) is 0 Å². The number of hydrogen-bond acceptors (Lipinski definition) is 6. The van der Waals surface area contributed by atoms with Crippen molar-refractivity contribution >= 4 is 11.9 Å². The molecule has 0 aromatic carbocycles. The van der Waals surface area contributed by atoms with Crippen LogP contribution in [0.3, 0.4) is 0 Å². The van der Waals surface area contributed by atoms with Gasteiger partial charge in [-0.05, 0) is 18.2 Å². The first-order chi connectivity index (χ1) is 8.11. The van der Waals surface area contributed by atoms with E-state index >= 15 is 0 Å². The fourth-order valence-corrected chi connectivity index (χ4v) is 0.877. The number of nitrogens with zero attached hydrogens (tertiary/aromatic N) is 2. The van der Waals surface area contributed by atoms with Crippen LogP contribution in [0, 0.1) is 0 Å². The number of carbonyl (C=O) groups excluding carboxylic acids is 2. The summed E-state index contributed by atoms with van der Waals surface area (Å²) >= 11 is 0. The van der Waals surface area contributed by atoms with E-state index in [-0.39, 0.29) is 33.5 Å². The number of aromatic nitrogens is 3. The molecule has 11 heteroatoms. The zero-order valence-corrected chi connectivity index (χ0v) is 11.3. The molecule has 0 unspecified atom stereocenters. The molecule has 8 N–H and O–H groups in total. The van der Waals surface area contributed by atoms with Crippen molar-refractivity contribution in [3.63, 3.8) is 0 Å². The molecular weight excluding hydrogens is 338 g/mol. The Labute approximate surface area is 129 Å². The van der Waals surface area contributed by atoms with Gasteiger partial charge in [-0.1, -0.05) is 6.07 Å². The van der Waals surface area contributed by atoms with Crippen molar-refractivity contribution in [3.05, 3.63) is 48.0 Å². The van der Waals surface area contributed by atoms with E-state index in [0.717, 1.165) is 12.1 Å². The van der Waals surface area contributed by atoms with Gasteiger partial charge < -0.3 is 36.2 Å². The number of H-pyrrole nitrogens is 1. The fourth-order valence-electron chi connectivity index (χ4n) is 0.877. The molecule has 2 rings (SSSR count). The molecular formula is C10H14CuN3O7+. The number of aromatic carboxylic acids is 2. The monoisotopic (exact) mass is 351 g/mol. The minimum Gasteiger partial charge on any atom is -0.543 e. The zero-order valence-electron chi connectivity index (χ0n) is 10.4. The fraction of sp³-hybridized carbons (Fsp3) is 0. The minimum absolute atomic E-state index is 0. The summed E-state index contributed by atoms with van der Waals surface area (Å²) in [4.78, 5) is 23.6. The molecule has 1 radical (unpaired) electrons. The van der Waals surface area contributed by atoms with Gasteiger partial charge in [0.15, 0.2) is 0 Å². The Kier molecular flexibility index (Phi) is 18.2. The summed E-state index contributed by atoms with van der Waals surface area (Å²) in [5.41, 5.74) is -0.839. The third-order valence-electron chi connectivity index (χ3n) is 1.57. The van der Waals surface area contributed by atoms with Crippen LogP contribution in [0.2, 0.25) is 0 Å². The van der Waals surface area contributed by atoms with Gasteiger partial charge in [-0.25, -0.2) is 4.98 Å². The smallest absolute Gasteiger partial charge is 0.543 e. The van der Waals surface area contributed by atoms with Crippen LogP contribution in [0.4, 0.5) is 0 Å². The molecule has 2 heterocycles. The number of nitrogens with one attached hydrogen (secondary N) is 1. The van der Waals surface area contributed by atoms with Gasteiger partial charge in [0.25, 0.3) is 0 Å². The van der Waals surface area contributed by atoms with Crippen LogP contribution >= 0.6 is 0 Å². The number of carboxylic acid groups (broad SMARTS) is 2. The average molecular weight is 352 g/mol. The molecule has 0 aliphatic heterocycles. The van der Waals surface area contributed by atoms with E-state index in [1.54, 1.807) is 12.4 Å². The van der Waals surface area contributed by atoms with Gasteiger partial charge in [-0.3, -0.25) is 5.10 Å². The SMILES string of the molecule is O.O.O=C([O-])c1cccc(C(=O)[O-])n1.[Cu+2].[OH3+].c1cn[nH]c1. The van der Waals surface area contributed by atoms with Crippen molar-refractivity contribution in [3.8, 4) is 0 Å². The first-order valence-corrected chi connectivity index (χ1v) is 4.44. The van der Waals surface area contributed by atoms with E-state index in [4.69, 9.17) is 0 Å². The Morgan fingerprint density at radius 2 is 1.48 bits per heavy atom. The summed E-state index contributed by atoms with van der Waals surface area (Å²) in [6.07, 6.45) is 3.46. The molecule has 0 bridgehead atoms. The summed E-state index contributed by atoms with van der Waals surface area (Å²) in [5, 5.41) is 26.6. The Hall–Kier alpha value is -2.30. The maximum atomic E-state index is 10.2. The van der Waals surface area contributed by atoms with Crippen molar-refractivity contribution in [1.82, 2.24) is 15.2 Å². The number of carbonyl (C=O) groups is 2. The number of aromatic amines is 1. The van der Waals surface area contributed by atoms with E-state index in [2.05, 4.69) is 15.2 Å². The Morgan fingerprint density at radius 1 is 1.00 bits per heavy atom. The molecule has 0 saturated carbocycles. The van der Waals surface area contributed by atoms with Gasteiger partial charge in [0, 0.05) is 12.4 Å². The molecule has 0 fully saturated rings. The van der Waals surface area contributed by atoms with Crippen molar-refractivity contribution < 1.29 is 53.3 Å². The molecule has 121 valence electrons. The normalized spacial score (nSPS) is 7.24. The third kappa shape index (κ3) is 10.2. The standard InChI is InChI=1S/C7H5NO4.C3H4N2.Cu.3H2O/c9-6(10)4-2-1-3-5(8-4)7(11)12;1-2-4-5-3-1;;;;/h1-3H,(H,9,10)(H,11,12);1-3H,(H,4,5);;3*1H2/q;;+2;;;/p-1. The molecule has 10 nitrogen and oxygen atoms in total. The summed E-state index contributed by atoms with van der Waals surface area (Å²) in [7, 11) is 0. The number of pyridine rings is 1. The average Bonchev–Trinajstić information content (AvgIpc) is 2.87. The summed E-state index contributed by atoms with van der Waals surface area (Å²) in [6.45, 7) is 0. The molecule has 0 saturated heterocycles. The number of carboxylic acids is 2. The molecule has 0 atom stereocenters. The van der Waals surface area contributed by atoms with Crippen molar-refractivity contribution in [2.24, 2.45) is 0 Å². The molecule has 0 aliphatic rings. The van der Waals surface area contributed by atoms with E-state index < -0.39 is 23.3 Å². The topological polar surface area (TPSA) is 218 Å². The molecule has 2 aromatic rings. The van der Waals surface area contributed by atoms with Crippen LogP contribution in [0.5, 0.6) is 0 Å². The van der Waals surface area contributed by atoms with E-state index in [1.165, 1.54) is 6.07 Å². The molecule has 0 aliphatic carbocycles. The predicted molar refractivity (Wildman–Crippen MR) is 63.6 cm³/mol. The van der Waals surface area contributed by atoms with E-state index in [0.29, 0.717) is 0 Å². The van der Waals surface area contributed by atoms with Crippen molar-refractivity contribution in [2.75, 3.05) is 0 Å². The quantitative estimate of drug-likeness (QED) is 0.415. The first-order valence-electron chi connectivity index (χ1n) is 4.44. The van der Waals surface area contributed by atoms with Crippen LogP contribution in [-0.2, 0) is 22.5 Å². The van der Waals surface area contributed by atoms with Crippen LogP contribution in [0.25, 0.3) is 0 Å². The van der Waals surface area contributed by atoms with Gasteiger partial charge >= 0.3 is 17.1 Å². The maximum absolute atomic E-state index is 10.2. The van der Waals surface area contributed by atoms with Crippen LogP contribution in [0.1, 0.15) is 21.0 Å². The molecule has 0 spiro atoms. The van der Waals surface area contributed by atoms with Crippen molar-refractivity contribution in [2.45, 2.75) is 0 Å². The summed E-state index contributed by atoms with van der Waals surface area (Å²) in [5.74, 6) is -3.03. The predicted octanol–water partition coefficient (Wildman–Crippen LogP) is -4.36. The maximum Gasteiger partial charge on any atom is 2.00 e. The van der Waals surface area contributed by atoms with Crippen LogP contribution < -0.4 is 10.2 Å². The Balaban J connectivity index is -0.000000140. The van der Waals surface area contributed by atoms with Gasteiger partial charge in [-0.2, -0.15) is 5.10 Å². The van der Waals surface area contributed by atoms with Crippen LogP contribution in [-0.4, -0.2) is 38.1 Å². The van der Waals surface area contributed by atoms with E-state index in [1.807, 2.05) is 6.07 Å².